The Balaban J connectivity index is 2.03. The Labute approximate surface area is 103 Å². The summed E-state index contributed by atoms with van der Waals surface area (Å²) in [6, 6.07) is 6.50. The fraction of sp³-hybridized carbons (Fsp3) is 0.154. The van der Waals surface area contributed by atoms with E-state index in [-0.39, 0.29) is 0 Å². The molecule has 1 N–H and O–H groups in total. The number of hydrogen-bond donors (Lipinski definition) is 1. The molecular formula is C13H11BrN2. The molecule has 1 aliphatic carbocycles. The molecule has 16 heavy (non-hydrogen) atoms. The Kier molecular flexibility index (Phi) is 2.40. The second-order valence-corrected chi connectivity index (χ2v) is 4.89. The predicted octanol–water partition coefficient (Wildman–Crippen LogP) is 3.66. The average Bonchev–Trinajstić information content (AvgIpc) is 2.89. The number of aromatic nitrogens is 2. The maximum absolute atomic E-state index is 4.03. The van der Waals surface area contributed by atoms with Crippen molar-refractivity contribution < 1.29 is 0 Å². The highest BCUT2D eigenvalue weighted by molar-refractivity contribution is 9.10. The van der Waals surface area contributed by atoms with E-state index >= 15 is 0 Å². The van der Waals surface area contributed by atoms with E-state index < -0.39 is 0 Å². The first-order chi connectivity index (χ1) is 7.83. The predicted molar refractivity (Wildman–Crippen MR) is 68.9 cm³/mol. The molecule has 0 saturated carbocycles. The summed E-state index contributed by atoms with van der Waals surface area (Å²) in [5.74, 6) is 0. The van der Waals surface area contributed by atoms with E-state index in [0.29, 0.717) is 0 Å². The van der Waals surface area contributed by atoms with Crippen LogP contribution in [-0.2, 0) is 6.42 Å². The van der Waals surface area contributed by atoms with E-state index in [1.807, 2.05) is 6.20 Å². The van der Waals surface area contributed by atoms with Gasteiger partial charge in [0.2, 0.25) is 0 Å². The van der Waals surface area contributed by atoms with Crippen LogP contribution in [0.4, 0.5) is 0 Å². The Hall–Kier alpha value is -1.35. The first-order valence-corrected chi connectivity index (χ1v) is 6.10. The lowest BCUT2D eigenvalue weighted by molar-refractivity contribution is 1.08. The van der Waals surface area contributed by atoms with Gasteiger partial charge in [0.15, 0.2) is 0 Å². The van der Waals surface area contributed by atoms with Crippen LogP contribution in [0.3, 0.4) is 0 Å². The summed E-state index contributed by atoms with van der Waals surface area (Å²) < 4.78 is 1.16. The number of hydrogen-bond acceptors (Lipinski definition) is 1. The highest BCUT2D eigenvalue weighted by atomic mass is 79.9. The zero-order chi connectivity index (χ0) is 11.0. The molecule has 3 rings (SSSR count). The van der Waals surface area contributed by atoms with E-state index in [0.717, 1.165) is 23.0 Å². The number of fused-ring (bicyclic) bond motifs is 1. The molecule has 0 unspecified atom stereocenters. The summed E-state index contributed by atoms with van der Waals surface area (Å²) in [4.78, 5) is 7.14. The smallest absolute Gasteiger partial charge is 0.0924 e. The molecule has 1 heterocycles. The fourth-order valence-corrected chi connectivity index (χ4v) is 2.58. The molecule has 0 amide bonds. The Morgan fingerprint density at radius 1 is 1.31 bits per heavy atom. The van der Waals surface area contributed by atoms with Crippen LogP contribution in [0.15, 0.2) is 35.2 Å². The molecule has 0 atom stereocenters. The molecular weight excluding hydrogens is 264 g/mol. The minimum Gasteiger partial charge on any atom is -0.345 e. The van der Waals surface area contributed by atoms with Gasteiger partial charge in [0.1, 0.15) is 0 Å². The number of nitrogens with one attached hydrogen (secondary N) is 1. The van der Waals surface area contributed by atoms with Crippen molar-refractivity contribution >= 4 is 27.6 Å². The highest BCUT2D eigenvalue weighted by Gasteiger charge is 2.15. The molecule has 3 heteroatoms. The van der Waals surface area contributed by atoms with Crippen molar-refractivity contribution in [2.24, 2.45) is 0 Å². The van der Waals surface area contributed by atoms with Gasteiger partial charge in [0.25, 0.3) is 0 Å². The van der Waals surface area contributed by atoms with Gasteiger partial charge in [-0.2, -0.15) is 0 Å². The number of aromatic amines is 1. The molecule has 1 aliphatic rings. The number of H-pyrrole nitrogens is 1. The minimum absolute atomic E-state index is 1.07. The monoisotopic (exact) mass is 274 g/mol. The maximum Gasteiger partial charge on any atom is 0.0924 e. The number of nitrogens with zero attached hydrogens (tertiary/aromatic N) is 1. The molecule has 80 valence electrons. The number of benzene rings is 1. The third-order valence-electron chi connectivity index (χ3n) is 2.93. The van der Waals surface area contributed by atoms with Crippen LogP contribution < -0.4 is 0 Å². The van der Waals surface area contributed by atoms with Crippen LogP contribution >= 0.6 is 15.9 Å². The molecule has 1 aromatic carbocycles. The molecule has 2 aromatic rings. The van der Waals surface area contributed by atoms with Gasteiger partial charge >= 0.3 is 0 Å². The van der Waals surface area contributed by atoms with Crippen LogP contribution in [0.2, 0.25) is 0 Å². The van der Waals surface area contributed by atoms with Crippen LogP contribution in [-0.4, -0.2) is 9.97 Å². The standard InChI is InChI=1S/C13H11BrN2/c14-11-3-4-13-9(5-11)1-2-10(13)6-12-7-15-8-16-12/h3-8H,1-2H2,(H,15,16)/b10-6-. The summed E-state index contributed by atoms with van der Waals surface area (Å²) in [5, 5.41) is 0. The first kappa shape index (κ1) is 9.85. The number of allylic oxidation sites excluding steroid dienone is 1. The molecule has 2 nitrogen and oxygen atoms in total. The quantitative estimate of drug-likeness (QED) is 0.845. The molecule has 0 spiro atoms. The van der Waals surface area contributed by atoms with Crippen LogP contribution in [0.5, 0.6) is 0 Å². The van der Waals surface area contributed by atoms with Crippen molar-refractivity contribution in [2.45, 2.75) is 12.8 Å². The summed E-state index contributed by atoms with van der Waals surface area (Å²) >= 11 is 3.51. The first-order valence-electron chi connectivity index (χ1n) is 5.31. The van der Waals surface area contributed by atoms with Crippen LogP contribution in [0, 0.1) is 0 Å². The van der Waals surface area contributed by atoms with Gasteiger partial charge in [0.05, 0.1) is 18.2 Å². The number of imidazole rings is 1. The third kappa shape index (κ3) is 1.71. The van der Waals surface area contributed by atoms with E-state index in [2.05, 4.69) is 50.2 Å². The third-order valence-corrected chi connectivity index (χ3v) is 3.42. The van der Waals surface area contributed by atoms with Crippen molar-refractivity contribution in [3.63, 3.8) is 0 Å². The van der Waals surface area contributed by atoms with Crippen molar-refractivity contribution in [2.75, 3.05) is 0 Å². The summed E-state index contributed by atoms with van der Waals surface area (Å²) in [6.45, 7) is 0. The zero-order valence-electron chi connectivity index (χ0n) is 8.70. The van der Waals surface area contributed by atoms with Crippen molar-refractivity contribution in [3.05, 3.63) is 52.0 Å². The van der Waals surface area contributed by atoms with Gasteiger partial charge in [-0.15, -0.1) is 0 Å². The van der Waals surface area contributed by atoms with Crippen LogP contribution in [0.1, 0.15) is 23.2 Å². The minimum atomic E-state index is 1.07. The Morgan fingerprint density at radius 3 is 3.06 bits per heavy atom. The largest absolute Gasteiger partial charge is 0.345 e. The number of aryl methyl sites for hydroxylation is 1. The van der Waals surface area contributed by atoms with E-state index in [9.17, 15) is 0 Å². The molecule has 0 fully saturated rings. The molecule has 1 aromatic heterocycles. The topological polar surface area (TPSA) is 28.7 Å². The molecule has 0 aliphatic heterocycles. The van der Waals surface area contributed by atoms with E-state index in [4.69, 9.17) is 0 Å². The van der Waals surface area contributed by atoms with Gasteiger partial charge in [-0.25, -0.2) is 4.98 Å². The SMILES string of the molecule is Brc1ccc2c(c1)CC/C2=C/c1cnc[nH]1. The van der Waals surface area contributed by atoms with E-state index in [1.165, 1.54) is 16.7 Å². The van der Waals surface area contributed by atoms with Crippen molar-refractivity contribution in [1.82, 2.24) is 9.97 Å². The van der Waals surface area contributed by atoms with Crippen molar-refractivity contribution in [3.8, 4) is 0 Å². The summed E-state index contributed by atoms with van der Waals surface area (Å²) in [5.41, 5.74) is 5.27. The van der Waals surface area contributed by atoms with Gasteiger partial charge in [-0.05, 0) is 47.8 Å². The summed E-state index contributed by atoms with van der Waals surface area (Å²) in [7, 11) is 0. The van der Waals surface area contributed by atoms with Gasteiger partial charge in [0, 0.05) is 4.47 Å². The number of rotatable bonds is 1. The Morgan fingerprint density at radius 2 is 2.25 bits per heavy atom. The highest BCUT2D eigenvalue weighted by Crippen LogP contribution is 2.34. The lowest BCUT2D eigenvalue weighted by atomic mass is 10.1. The average molecular weight is 275 g/mol. The second-order valence-electron chi connectivity index (χ2n) is 3.98. The fourth-order valence-electron chi connectivity index (χ4n) is 2.17. The lowest BCUT2D eigenvalue weighted by Crippen LogP contribution is -1.80. The van der Waals surface area contributed by atoms with Gasteiger partial charge in [-0.1, -0.05) is 22.0 Å². The van der Waals surface area contributed by atoms with E-state index in [1.54, 1.807) is 6.33 Å². The zero-order valence-corrected chi connectivity index (χ0v) is 10.3. The van der Waals surface area contributed by atoms with Gasteiger partial charge < -0.3 is 4.98 Å². The maximum atomic E-state index is 4.03. The number of halogens is 1. The Bertz CT molecular complexity index is 541. The molecule has 0 radical (unpaired) electrons. The van der Waals surface area contributed by atoms with Gasteiger partial charge in [-0.3, -0.25) is 0 Å². The molecule has 0 saturated heterocycles. The molecule has 0 bridgehead atoms. The lowest BCUT2D eigenvalue weighted by Gasteiger charge is -2.00. The van der Waals surface area contributed by atoms with Crippen LogP contribution in [0.25, 0.3) is 11.6 Å². The summed E-state index contributed by atoms with van der Waals surface area (Å²) in [6.07, 6.45) is 8.00. The normalized spacial score (nSPS) is 16.7. The second kappa shape index (κ2) is 3.91. The van der Waals surface area contributed by atoms with Crippen molar-refractivity contribution in [1.29, 1.82) is 0 Å².